The summed E-state index contributed by atoms with van der Waals surface area (Å²) in [6.07, 6.45) is 0. The molecule has 0 aliphatic rings. The van der Waals surface area contributed by atoms with E-state index in [2.05, 4.69) is 0 Å². The van der Waals surface area contributed by atoms with Crippen LogP contribution >= 0.6 is 0 Å². The number of methoxy groups -OCH3 is 4. The van der Waals surface area contributed by atoms with Gasteiger partial charge >= 0.3 is 0 Å². The van der Waals surface area contributed by atoms with E-state index < -0.39 is 0 Å². The van der Waals surface area contributed by atoms with Gasteiger partial charge < -0.3 is 27.8 Å². The van der Waals surface area contributed by atoms with Crippen molar-refractivity contribution in [3.8, 4) is 57.2 Å². The Kier molecular flexibility index (Phi) is 5.92. The van der Waals surface area contributed by atoms with Crippen molar-refractivity contribution >= 4 is 21.5 Å². The Morgan fingerprint density at radius 1 is 0.395 bits per heavy atom. The van der Waals surface area contributed by atoms with Gasteiger partial charge in [0.25, 0.3) is 0 Å². The number of benzene rings is 4. The van der Waals surface area contributed by atoms with E-state index in [4.69, 9.17) is 27.8 Å². The van der Waals surface area contributed by atoms with E-state index in [0.717, 1.165) is 32.7 Å². The number of hydrogen-bond acceptors (Lipinski definition) is 6. The van der Waals surface area contributed by atoms with Gasteiger partial charge in [-0.1, -0.05) is 48.5 Å². The molecule has 0 saturated carbocycles. The molecule has 0 amide bonds. The summed E-state index contributed by atoms with van der Waals surface area (Å²) in [5.74, 6) is 5.43. The second-order valence-corrected chi connectivity index (χ2v) is 8.81. The predicted molar refractivity (Wildman–Crippen MR) is 149 cm³/mol. The Labute approximate surface area is 219 Å². The SMILES string of the molecule is COc1cc(OC)cc(-c2oc(-c3oc(-c4cc(OC)cc(OC)c4)c4ccccc34)c3ccccc23)c1. The summed E-state index contributed by atoms with van der Waals surface area (Å²) >= 11 is 0. The van der Waals surface area contributed by atoms with E-state index in [0.29, 0.717) is 46.0 Å². The molecule has 2 aromatic heterocycles. The Balaban J connectivity index is 1.61. The molecule has 2 heterocycles. The highest BCUT2D eigenvalue weighted by atomic mass is 16.5. The van der Waals surface area contributed by atoms with Crippen LogP contribution in [0.3, 0.4) is 0 Å². The van der Waals surface area contributed by atoms with Crippen LogP contribution in [0.4, 0.5) is 0 Å². The zero-order valence-corrected chi connectivity index (χ0v) is 21.5. The maximum Gasteiger partial charge on any atom is 0.178 e. The predicted octanol–water partition coefficient (Wildman–Crippen LogP) is 8.21. The maximum atomic E-state index is 6.63. The highest BCUT2D eigenvalue weighted by molar-refractivity contribution is 6.09. The monoisotopic (exact) mass is 506 g/mol. The van der Waals surface area contributed by atoms with Gasteiger partial charge in [-0.25, -0.2) is 0 Å². The fourth-order valence-electron chi connectivity index (χ4n) is 4.83. The lowest BCUT2D eigenvalue weighted by molar-refractivity contribution is 0.394. The van der Waals surface area contributed by atoms with Crippen LogP contribution in [-0.4, -0.2) is 28.4 Å². The molecule has 4 aromatic carbocycles. The highest BCUT2D eigenvalue weighted by Gasteiger charge is 2.24. The summed E-state index contributed by atoms with van der Waals surface area (Å²) in [6, 6.07) is 27.6. The Morgan fingerprint density at radius 3 is 0.974 bits per heavy atom. The molecule has 0 radical (unpaired) electrons. The van der Waals surface area contributed by atoms with E-state index in [1.807, 2.05) is 84.9 Å². The van der Waals surface area contributed by atoms with Crippen LogP contribution in [0.15, 0.2) is 93.8 Å². The zero-order chi connectivity index (χ0) is 26.2. The van der Waals surface area contributed by atoms with Crippen molar-refractivity contribution in [2.24, 2.45) is 0 Å². The topological polar surface area (TPSA) is 63.2 Å². The molecule has 0 spiro atoms. The molecule has 6 aromatic rings. The summed E-state index contributed by atoms with van der Waals surface area (Å²) in [5, 5.41) is 3.81. The standard InChI is InChI=1S/C32H26O6/c1-33-21-13-19(14-22(17-21)34-2)29-25-9-5-7-11-27(25)31(37-29)32-28-12-8-6-10-26(28)30(38-32)20-15-23(35-3)18-24(16-20)36-4/h5-18H,1-4H3. The van der Waals surface area contributed by atoms with Gasteiger partial charge in [-0.3, -0.25) is 0 Å². The van der Waals surface area contributed by atoms with E-state index in [-0.39, 0.29) is 0 Å². The lowest BCUT2D eigenvalue weighted by atomic mass is 10.0. The summed E-state index contributed by atoms with van der Waals surface area (Å²) in [6.45, 7) is 0. The van der Waals surface area contributed by atoms with Crippen molar-refractivity contribution in [1.82, 2.24) is 0 Å². The summed E-state index contributed by atoms with van der Waals surface area (Å²) in [4.78, 5) is 0. The van der Waals surface area contributed by atoms with Gasteiger partial charge in [-0.15, -0.1) is 0 Å². The van der Waals surface area contributed by atoms with E-state index in [9.17, 15) is 0 Å². The Hall–Kier alpha value is -4.84. The van der Waals surface area contributed by atoms with Crippen molar-refractivity contribution in [3.63, 3.8) is 0 Å². The first-order valence-electron chi connectivity index (χ1n) is 12.1. The molecule has 0 unspecified atom stereocenters. The summed E-state index contributed by atoms with van der Waals surface area (Å²) in [5.41, 5.74) is 1.69. The van der Waals surface area contributed by atoms with E-state index in [1.165, 1.54) is 0 Å². The minimum Gasteiger partial charge on any atom is -0.497 e. The van der Waals surface area contributed by atoms with Crippen molar-refractivity contribution in [1.29, 1.82) is 0 Å². The van der Waals surface area contributed by atoms with E-state index >= 15 is 0 Å². The minimum atomic E-state index is 0.648. The average molecular weight is 507 g/mol. The lowest BCUT2D eigenvalue weighted by Gasteiger charge is -2.07. The molecule has 190 valence electrons. The first-order valence-corrected chi connectivity index (χ1v) is 12.1. The molecular formula is C32H26O6. The Morgan fingerprint density at radius 2 is 0.684 bits per heavy atom. The van der Waals surface area contributed by atoms with Gasteiger partial charge in [0.15, 0.2) is 11.5 Å². The first kappa shape index (κ1) is 23.6. The fraction of sp³-hybridized carbons (Fsp3) is 0.125. The number of fused-ring (bicyclic) bond motifs is 2. The number of rotatable bonds is 7. The van der Waals surface area contributed by atoms with Crippen molar-refractivity contribution < 1.29 is 27.8 Å². The quantitative estimate of drug-likeness (QED) is 0.217. The molecule has 38 heavy (non-hydrogen) atoms. The molecule has 0 N–H and O–H groups in total. The van der Waals surface area contributed by atoms with Gasteiger partial charge in [0.05, 0.1) is 28.4 Å². The van der Waals surface area contributed by atoms with Gasteiger partial charge in [0.1, 0.15) is 34.5 Å². The molecule has 0 aliphatic heterocycles. The molecule has 0 aliphatic carbocycles. The van der Waals surface area contributed by atoms with Crippen LogP contribution < -0.4 is 18.9 Å². The zero-order valence-electron chi connectivity index (χ0n) is 21.5. The van der Waals surface area contributed by atoms with Crippen LogP contribution in [0, 0.1) is 0 Å². The molecule has 0 atom stereocenters. The number of hydrogen-bond donors (Lipinski definition) is 0. The van der Waals surface area contributed by atoms with Gasteiger partial charge in [-0.05, 0) is 24.3 Å². The van der Waals surface area contributed by atoms with Gasteiger partial charge in [-0.2, -0.15) is 0 Å². The second-order valence-electron chi connectivity index (χ2n) is 8.81. The van der Waals surface area contributed by atoms with Crippen molar-refractivity contribution in [2.45, 2.75) is 0 Å². The van der Waals surface area contributed by atoms with Crippen LogP contribution in [-0.2, 0) is 0 Å². The third-order valence-electron chi connectivity index (χ3n) is 6.67. The third kappa shape index (κ3) is 3.91. The normalized spacial score (nSPS) is 11.2. The smallest absolute Gasteiger partial charge is 0.178 e. The lowest BCUT2D eigenvalue weighted by Crippen LogP contribution is -1.88. The highest BCUT2D eigenvalue weighted by Crippen LogP contribution is 2.46. The summed E-state index contributed by atoms with van der Waals surface area (Å²) < 4.78 is 35.3. The average Bonchev–Trinajstić information content (AvgIpc) is 3.55. The molecule has 6 nitrogen and oxygen atoms in total. The van der Waals surface area contributed by atoms with Crippen LogP contribution in [0.25, 0.3) is 55.7 Å². The first-order chi connectivity index (χ1) is 18.6. The molecule has 6 rings (SSSR count). The summed E-state index contributed by atoms with van der Waals surface area (Å²) in [7, 11) is 6.53. The van der Waals surface area contributed by atoms with Gasteiger partial charge in [0, 0.05) is 44.8 Å². The fourth-order valence-corrected chi connectivity index (χ4v) is 4.83. The molecule has 6 heteroatoms. The van der Waals surface area contributed by atoms with Gasteiger partial charge in [0.2, 0.25) is 0 Å². The number of ether oxygens (including phenoxy) is 4. The van der Waals surface area contributed by atoms with Crippen LogP contribution in [0.5, 0.6) is 23.0 Å². The largest absolute Gasteiger partial charge is 0.497 e. The third-order valence-corrected chi connectivity index (χ3v) is 6.67. The van der Waals surface area contributed by atoms with Crippen molar-refractivity contribution in [3.05, 3.63) is 84.9 Å². The number of furan rings is 2. The molecule has 0 saturated heterocycles. The maximum absolute atomic E-state index is 6.63. The Bertz CT molecular complexity index is 1600. The second kappa shape index (κ2) is 9.56. The molecule has 0 fully saturated rings. The molecular weight excluding hydrogens is 480 g/mol. The van der Waals surface area contributed by atoms with Crippen LogP contribution in [0.2, 0.25) is 0 Å². The van der Waals surface area contributed by atoms with Crippen molar-refractivity contribution in [2.75, 3.05) is 28.4 Å². The van der Waals surface area contributed by atoms with Crippen LogP contribution in [0.1, 0.15) is 0 Å². The minimum absolute atomic E-state index is 0.648. The van der Waals surface area contributed by atoms with E-state index in [1.54, 1.807) is 28.4 Å². The molecule has 0 bridgehead atoms.